The fourth-order valence-corrected chi connectivity index (χ4v) is 3.93. The largest absolute Gasteiger partial charge is 0.462 e. The Balaban J connectivity index is 2.32. The zero-order valence-corrected chi connectivity index (χ0v) is 13.0. The van der Waals surface area contributed by atoms with Gasteiger partial charge in [-0.2, -0.15) is 9.40 Å². The van der Waals surface area contributed by atoms with Gasteiger partial charge in [0.05, 0.1) is 25.0 Å². The van der Waals surface area contributed by atoms with Gasteiger partial charge in [0.25, 0.3) is 10.0 Å². The Morgan fingerprint density at radius 1 is 1.48 bits per heavy atom. The van der Waals surface area contributed by atoms with Gasteiger partial charge in [0.1, 0.15) is 5.56 Å². The van der Waals surface area contributed by atoms with Crippen molar-refractivity contribution < 1.29 is 22.7 Å². The van der Waals surface area contributed by atoms with E-state index in [2.05, 4.69) is 10.2 Å². The maximum Gasteiger partial charge on any atom is 0.342 e. The van der Waals surface area contributed by atoms with Crippen molar-refractivity contribution in [3.05, 3.63) is 11.8 Å². The third-order valence-electron chi connectivity index (χ3n) is 3.08. The number of H-pyrrole nitrogens is 1. The van der Waals surface area contributed by atoms with Crippen molar-refractivity contribution in [3.63, 3.8) is 0 Å². The molecule has 1 N–H and O–H groups in total. The Morgan fingerprint density at radius 2 is 2.10 bits per heavy atom. The van der Waals surface area contributed by atoms with Crippen molar-refractivity contribution in [2.45, 2.75) is 38.0 Å². The number of morpholine rings is 1. The lowest BCUT2D eigenvalue weighted by Gasteiger charge is -2.34. The highest BCUT2D eigenvalue weighted by Crippen LogP contribution is 2.22. The highest BCUT2D eigenvalue weighted by atomic mass is 32.2. The van der Waals surface area contributed by atoms with Crippen molar-refractivity contribution >= 4 is 16.0 Å². The van der Waals surface area contributed by atoms with Crippen molar-refractivity contribution in [1.29, 1.82) is 0 Å². The topological polar surface area (TPSA) is 102 Å². The van der Waals surface area contributed by atoms with E-state index in [-0.39, 0.29) is 42.5 Å². The Bertz CT molecular complexity index is 602. The molecule has 0 bridgehead atoms. The SMILES string of the molecule is CCOC(=O)c1cn[nH]c1S(=O)(=O)N1CC(C)OC(C)C1. The molecule has 0 aliphatic carbocycles. The highest BCUT2D eigenvalue weighted by Gasteiger charge is 2.36. The summed E-state index contributed by atoms with van der Waals surface area (Å²) >= 11 is 0. The van der Waals surface area contributed by atoms with Crippen molar-refractivity contribution in [2.24, 2.45) is 0 Å². The summed E-state index contributed by atoms with van der Waals surface area (Å²) in [4.78, 5) is 11.8. The molecule has 9 heteroatoms. The minimum atomic E-state index is -3.84. The summed E-state index contributed by atoms with van der Waals surface area (Å²) in [5.74, 6) is -0.709. The van der Waals surface area contributed by atoms with Gasteiger partial charge in [0.2, 0.25) is 0 Å². The van der Waals surface area contributed by atoms with Crippen LogP contribution in [0.5, 0.6) is 0 Å². The van der Waals surface area contributed by atoms with Crippen LogP contribution in [0, 0.1) is 0 Å². The first-order valence-corrected chi connectivity index (χ1v) is 8.16. The average molecular weight is 317 g/mol. The number of aromatic amines is 1. The molecular formula is C12H19N3O5S. The van der Waals surface area contributed by atoms with Crippen LogP contribution in [0.25, 0.3) is 0 Å². The van der Waals surface area contributed by atoms with Gasteiger partial charge in [-0.1, -0.05) is 0 Å². The molecule has 1 fully saturated rings. The zero-order valence-electron chi connectivity index (χ0n) is 12.2. The summed E-state index contributed by atoms with van der Waals surface area (Å²) in [5, 5.41) is 5.82. The second-order valence-corrected chi connectivity index (χ2v) is 6.79. The Hall–Kier alpha value is -1.45. The molecule has 1 saturated heterocycles. The van der Waals surface area contributed by atoms with Gasteiger partial charge in [0, 0.05) is 13.1 Å². The van der Waals surface area contributed by atoms with Crippen LogP contribution in [0.3, 0.4) is 0 Å². The summed E-state index contributed by atoms with van der Waals surface area (Å²) < 4.78 is 37.0. The van der Waals surface area contributed by atoms with Crippen molar-refractivity contribution in [2.75, 3.05) is 19.7 Å². The number of esters is 1. The summed E-state index contributed by atoms with van der Waals surface area (Å²) in [6, 6.07) is 0. The number of hydrogen-bond donors (Lipinski definition) is 1. The second-order valence-electron chi connectivity index (χ2n) is 4.91. The molecule has 0 radical (unpaired) electrons. The van der Waals surface area contributed by atoms with E-state index in [1.54, 1.807) is 20.8 Å². The van der Waals surface area contributed by atoms with Crippen LogP contribution < -0.4 is 0 Å². The van der Waals surface area contributed by atoms with Crippen LogP contribution in [0.1, 0.15) is 31.1 Å². The predicted octanol–water partition coefficient (Wildman–Crippen LogP) is 0.384. The number of carbonyl (C=O) groups is 1. The van der Waals surface area contributed by atoms with Crippen molar-refractivity contribution in [1.82, 2.24) is 14.5 Å². The molecule has 2 heterocycles. The van der Waals surface area contributed by atoms with E-state index in [1.165, 1.54) is 4.31 Å². The average Bonchev–Trinajstić information content (AvgIpc) is 2.87. The van der Waals surface area contributed by atoms with Crippen LogP contribution in [-0.2, 0) is 19.5 Å². The maximum atomic E-state index is 12.7. The maximum absolute atomic E-state index is 12.7. The van der Waals surface area contributed by atoms with E-state index in [1.807, 2.05) is 0 Å². The Labute approximate surface area is 123 Å². The molecule has 1 aliphatic heterocycles. The Morgan fingerprint density at radius 3 is 2.67 bits per heavy atom. The van der Waals surface area contributed by atoms with Crippen LogP contribution >= 0.6 is 0 Å². The van der Waals surface area contributed by atoms with E-state index in [4.69, 9.17) is 9.47 Å². The monoisotopic (exact) mass is 317 g/mol. The van der Waals surface area contributed by atoms with Crippen LogP contribution in [0.15, 0.2) is 11.2 Å². The summed E-state index contributed by atoms with van der Waals surface area (Å²) in [5.41, 5.74) is -0.0800. The molecule has 0 aromatic carbocycles. The van der Waals surface area contributed by atoms with Crippen molar-refractivity contribution in [3.8, 4) is 0 Å². The summed E-state index contributed by atoms with van der Waals surface area (Å²) in [7, 11) is -3.84. The van der Waals surface area contributed by atoms with E-state index in [0.717, 1.165) is 6.20 Å². The lowest BCUT2D eigenvalue weighted by Crippen LogP contribution is -2.48. The number of sulfonamides is 1. The standard InChI is InChI=1S/C12H19N3O5S/c1-4-19-12(16)10-5-13-14-11(10)21(17,18)15-6-8(2)20-9(3)7-15/h5,8-9H,4,6-7H2,1-3H3,(H,13,14). The first kappa shape index (κ1) is 15.9. The highest BCUT2D eigenvalue weighted by molar-refractivity contribution is 7.89. The van der Waals surface area contributed by atoms with Gasteiger partial charge in [-0.05, 0) is 20.8 Å². The van der Waals surface area contributed by atoms with E-state index >= 15 is 0 Å². The van der Waals surface area contributed by atoms with Crippen LogP contribution in [-0.4, -0.2) is 60.8 Å². The van der Waals surface area contributed by atoms with Gasteiger partial charge >= 0.3 is 5.97 Å². The minimum absolute atomic E-state index is 0.0800. The molecule has 1 aliphatic rings. The molecule has 1 aromatic rings. The van der Waals surface area contributed by atoms with Crippen LogP contribution in [0.4, 0.5) is 0 Å². The Kier molecular flexibility index (Phi) is 4.64. The fraction of sp³-hybridized carbons (Fsp3) is 0.667. The van der Waals surface area contributed by atoms with Gasteiger partial charge in [-0.3, -0.25) is 5.10 Å². The molecule has 21 heavy (non-hydrogen) atoms. The third-order valence-corrected chi connectivity index (χ3v) is 4.89. The minimum Gasteiger partial charge on any atom is -0.462 e. The molecule has 0 spiro atoms. The second kappa shape index (κ2) is 6.12. The lowest BCUT2D eigenvalue weighted by atomic mass is 10.3. The number of nitrogens with zero attached hydrogens (tertiary/aromatic N) is 2. The van der Waals surface area contributed by atoms with Crippen LogP contribution in [0.2, 0.25) is 0 Å². The first-order valence-electron chi connectivity index (χ1n) is 6.72. The summed E-state index contributed by atoms with van der Waals surface area (Å²) in [6.45, 7) is 5.88. The number of hydrogen-bond acceptors (Lipinski definition) is 6. The molecule has 2 rings (SSSR count). The number of nitrogens with one attached hydrogen (secondary N) is 1. The fourth-order valence-electron chi connectivity index (χ4n) is 2.28. The molecule has 118 valence electrons. The normalized spacial score (nSPS) is 24.0. The number of rotatable bonds is 4. The van der Waals surface area contributed by atoms with Gasteiger partial charge in [-0.25, -0.2) is 13.2 Å². The first-order chi connectivity index (χ1) is 9.86. The molecule has 8 nitrogen and oxygen atoms in total. The molecule has 2 unspecified atom stereocenters. The van der Waals surface area contributed by atoms with E-state index in [9.17, 15) is 13.2 Å². The lowest BCUT2D eigenvalue weighted by molar-refractivity contribution is -0.0441. The molecule has 0 amide bonds. The van der Waals surface area contributed by atoms with E-state index in [0.29, 0.717) is 0 Å². The van der Waals surface area contributed by atoms with E-state index < -0.39 is 16.0 Å². The molecule has 2 atom stereocenters. The quantitative estimate of drug-likeness (QED) is 0.806. The van der Waals surface area contributed by atoms with Gasteiger partial charge < -0.3 is 9.47 Å². The number of aromatic nitrogens is 2. The number of ether oxygens (including phenoxy) is 2. The van der Waals surface area contributed by atoms with Gasteiger partial charge in [0.15, 0.2) is 5.03 Å². The molecule has 0 saturated carbocycles. The summed E-state index contributed by atoms with van der Waals surface area (Å²) in [6.07, 6.45) is 0.744. The molecule has 1 aromatic heterocycles. The third kappa shape index (κ3) is 3.25. The molecular weight excluding hydrogens is 298 g/mol. The predicted molar refractivity (Wildman–Crippen MR) is 73.3 cm³/mol. The van der Waals surface area contributed by atoms with Gasteiger partial charge in [-0.15, -0.1) is 0 Å². The number of carbonyl (C=O) groups excluding carboxylic acids is 1. The smallest absolute Gasteiger partial charge is 0.342 e. The zero-order chi connectivity index (χ0) is 15.6.